The number of halogens is 1. The van der Waals surface area contributed by atoms with E-state index in [0.717, 1.165) is 21.3 Å². The molecule has 0 fully saturated rings. The summed E-state index contributed by atoms with van der Waals surface area (Å²) in [5.41, 5.74) is 2.10. The Bertz CT molecular complexity index is 841. The molecule has 4 rings (SSSR count). The smallest absolute Gasteiger partial charge is 0.265 e. The van der Waals surface area contributed by atoms with Crippen LogP contribution in [0.2, 0.25) is 4.34 Å². The van der Waals surface area contributed by atoms with Gasteiger partial charge in [-0.2, -0.15) is 5.10 Å². The van der Waals surface area contributed by atoms with Crippen LogP contribution in [0.4, 0.5) is 0 Å². The fourth-order valence-corrected chi connectivity index (χ4v) is 4.53. The van der Waals surface area contributed by atoms with Crippen molar-refractivity contribution in [1.29, 1.82) is 0 Å². The average Bonchev–Trinajstić information content (AvgIpc) is 3.32. The van der Waals surface area contributed by atoms with Gasteiger partial charge in [0.1, 0.15) is 6.04 Å². The van der Waals surface area contributed by atoms with Gasteiger partial charge in [-0.1, -0.05) is 11.6 Å². The molecule has 124 valence electrons. The first-order valence-electron chi connectivity index (χ1n) is 7.64. The zero-order chi connectivity index (χ0) is 16.7. The van der Waals surface area contributed by atoms with Crippen molar-refractivity contribution in [2.24, 2.45) is 5.10 Å². The van der Waals surface area contributed by atoms with Crippen LogP contribution in [0, 0.1) is 0 Å². The van der Waals surface area contributed by atoms with Crippen molar-refractivity contribution in [3.05, 3.63) is 44.2 Å². The molecule has 0 aromatic carbocycles. The third-order valence-corrected chi connectivity index (χ3v) is 6.30. The number of hydrogen-bond acceptors (Lipinski definition) is 6. The van der Waals surface area contributed by atoms with Crippen LogP contribution in [0.15, 0.2) is 29.6 Å². The molecule has 0 N–H and O–H groups in total. The SMILES string of the molecule is CC(C(=O)N1CCC(c2ccc(Cl)s2)=N1)N1C=Cc2sncc2C1. The van der Waals surface area contributed by atoms with Gasteiger partial charge in [0.25, 0.3) is 5.91 Å². The molecule has 1 unspecified atom stereocenters. The lowest BCUT2D eigenvalue weighted by Crippen LogP contribution is -2.42. The molecule has 0 bridgehead atoms. The number of fused-ring (bicyclic) bond motifs is 1. The fraction of sp³-hybridized carbons (Fsp3) is 0.312. The highest BCUT2D eigenvalue weighted by molar-refractivity contribution is 7.18. The molecule has 0 spiro atoms. The first kappa shape index (κ1) is 15.8. The maximum absolute atomic E-state index is 12.8. The molecule has 5 nitrogen and oxygen atoms in total. The van der Waals surface area contributed by atoms with Crippen molar-refractivity contribution in [2.45, 2.75) is 25.9 Å². The predicted octanol–water partition coefficient (Wildman–Crippen LogP) is 3.67. The molecule has 24 heavy (non-hydrogen) atoms. The van der Waals surface area contributed by atoms with Crippen LogP contribution in [-0.2, 0) is 11.3 Å². The molecule has 1 atom stereocenters. The number of carbonyl (C=O) groups excluding carboxylic acids is 1. The van der Waals surface area contributed by atoms with Crippen molar-refractivity contribution in [1.82, 2.24) is 14.3 Å². The van der Waals surface area contributed by atoms with E-state index in [4.69, 9.17) is 11.6 Å². The zero-order valence-corrected chi connectivity index (χ0v) is 15.4. The monoisotopic (exact) mass is 378 g/mol. The Morgan fingerprint density at radius 1 is 1.42 bits per heavy atom. The van der Waals surface area contributed by atoms with Gasteiger partial charge in [0.2, 0.25) is 0 Å². The maximum atomic E-state index is 12.8. The van der Waals surface area contributed by atoms with Crippen LogP contribution in [0.5, 0.6) is 0 Å². The summed E-state index contributed by atoms with van der Waals surface area (Å²) in [7, 11) is 0. The third-order valence-electron chi connectivity index (χ3n) is 4.22. The number of nitrogens with zero attached hydrogens (tertiary/aromatic N) is 4. The summed E-state index contributed by atoms with van der Waals surface area (Å²) >= 11 is 8.97. The highest BCUT2D eigenvalue weighted by atomic mass is 35.5. The maximum Gasteiger partial charge on any atom is 0.265 e. The lowest BCUT2D eigenvalue weighted by atomic mass is 10.1. The van der Waals surface area contributed by atoms with E-state index < -0.39 is 0 Å². The number of hydrogen-bond donors (Lipinski definition) is 0. The second-order valence-electron chi connectivity index (χ2n) is 5.74. The number of thiophene rings is 1. The molecule has 0 saturated carbocycles. The van der Waals surface area contributed by atoms with Crippen molar-refractivity contribution in [3.63, 3.8) is 0 Å². The third kappa shape index (κ3) is 2.87. The van der Waals surface area contributed by atoms with Gasteiger partial charge in [0, 0.05) is 30.9 Å². The lowest BCUT2D eigenvalue weighted by Gasteiger charge is -2.30. The molecule has 2 aromatic heterocycles. The summed E-state index contributed by atoms with van der Waals surface area (Å²) in [6, 6.07) is 3.56. The largest absolute Gasteiger partial charge is 0.361 e. The Morgan fingerprint density at radius 3 is 3.08 bits per heavy atom. The van der Waals surface area contributed by atoms with Crippen LogP contribution in [0.1, 0.15) is 28.7 Å². The highest BCUT2D eigenvalue weighted by Gasteiger charge is 2.30. The lowest BCUT2D eigenvalue weighted by molar-refractivity contribution is -0.135. The molecular weight excluding hydrogens is 364 g/mol. The Labute approximate surface area is 153 Å². The van der Waals surface area contributed by atoms with Gasteiger partial charge >= 0.3 is 0 Å². The van der Waals surface area contributed by atoms with Crippen LogP contribution < -0.4 is 0 Å². The van der Waals surface area contributed by atoms with Gasteiger partial charge in [-0.15, -0.1) is 11.3 Å². The number of rotatable bonds is 3. The van der Waals surface area contributed by atoms with Crippen molar-refractivity contribution >= 4 is 52.2 Å². The first-order chi connectivity index (χ1) is 11.6. The molecule has 2 aliphatic heterocycles. The van der Waals surface area contributed by atoms with Gasteiger partial charge in [-0.3, -0.25) is 4.79 Å². The van der Waals surface area contributed by atoms with Gasteiger partial charge in [0.15, 0.2) is 0 Å². The number of hydrazone groups is 1. The van der Waals surface area contributed by atoms with Gasteiger partial charge < -0.3 is 4.90 Å². The Morgan fingerprint density at radius 2 is 2.29 bits per heavy atom. The van der Waals surface area contributed by atoms with E-state index in [1.807, 2.05) is 42.4 Å². The van der Waals surface area contributed by atoms with E-state index in [1.54, 1.807) is 5.01 Å². The Kier molecular flexibility index (Phi) is 4.15. The van der Waals surface area contributed by atoms with E-state index in [0.29, 0.717) is 13.1 Å². The first-order valence-corrected chi connectivity index (χ1v) is 9.60. The van der Waals surface area contributed by atoms with Gasteiger partial charge in [-0.05, 0) is 36.7 Å². The quantitative estimate of drug-likeness (QED) is 0.818. The molecule has 4 heterocycles. The normalized spacial score (nSPS) is 17.8. The molecule has 0 radical (unpaired) electrons. The minimum atomic E-state index is -0.260. The van der Waals surface area contributed by atoms with E-state index >= 15 is 0 Å². The average molecular weight is 379 g/mol. The predicted molar refractivity (Wildman–Crippen MR) is 98.3 cm³/mol. The van der Waals surface area contributed by atoms with Gasteiger partial charge in [0.05, 0.1) is 26.3 Å². The summed E-state index contributed by atoms with van der Waals surface area (Å²) in [5, 5.41) is 6.10. The summed E-state index contributed by atoms with van der Waals surface area (Å²) in [6.45, 7) is 3.25. The van der Waals surface area contributed by atoms with Crippen LogP contribution >= 0.6 is 34.5 Å². The zero-order valence-electron chi connectivity index (χ0n) is 13.0. The van der Waals surface area contributed by atoms with E-state index in [-0.39, 0.29) is 11.9 Å². The number of carbonyl (C=O) groups is 1. The summed E-state index contributed by atoms with van der Waals surface area (Å²) in [6.07, 6.45) is 6.64. The van der Waals surface area contributed by atoms with Crippen LogP contribution in [0.3, 0.4) is 0 Å². The molecule has 0 aliphatic carbocycles. The Balaban J connectivity index is 1.47. The van der Waals surface area contributed by atoms with E-state index in [2.05, 4.69) is 9.47 Å². The number of amides is 1. The second kappa shape index (κ2) is 6.31. The van der Waals surface area contributed by atoms with E-state index in [1.165, 1.54) is 33.3 Å². The molecule has 2 aromatic rings. The number of aromatic nitrogens is 1. The molecular formula is C16H15ClN4OS2. The standard InChI is InChI=1S/C16H15ClN4OS2/c1-10(20-6-5-13-11(9-20)8-18-24-13)16(22)21-7-4-12(19-21)14-2-3-15(17)23-14/h2-3,5-6,8,10H,4,7,9H2,1H3. The molecule has 2 aliphatic rings. The van der Waals surface area contributed by atoms with Crippen molar-refractivity contribution < 1.29 is 4.79 Å². The summed E-state index contributed by atoms with van der Waals surface area (Å²) in [4.78, 5) is 17.0. The van der Waals surface area contributed by atoms with Crippen molar-refractivity contribution in [2.75, 3.05) is 6.54 Å². The fourth-order valence-electron chi connectivity index (χ4n) is 2.82. The second-order valence-corrected chi connectivity index (χ2v) is 8.29. The highest BCUT2D eigenvalue weighted by Crippen LogP contribution is 2.27. The summed E-state index contributed by atoms with van der Waals surface area (Å²) < 4.78 is 4.94. The Hall–Kier alpha value is -1.70. The minimum Gasteiger partial charge on any atom is -0.361 e. The van der Waals surface area contributed by atoms with E-state index in [9.17, 15) is 4.79 Å². The van der Waals surface area contributed by atoms with Gasteiger partial charge in [-0.25, -0.2) is 9.38 Å². The van der Waals surface area contributed by atoms with Crippen LogP contribution in [-0.4, -0.2) is 38.5 Å². The van der Waals surface area contributed by atoms with Crippen molar-refractivity contribution in [3.8, 4) is 0 Å². The molecule has 0 saturated heterocycles. The topological polar surface area (TPSA) is 48.8 Å². The van der Waals surface area contributed by atoms with Crippen LogP contribution in [0.25, 0.3) is 6.08 Å². The molecule has 8 heteroatoms. The minimum absolute atomic E-state index is 0.0175. The molecule has 1 amide bonds. The summed E-state index contributed by atoms with van der Waals surface area (Å²) in [5.74, 6) is 0.0175.